The van der Waals surface area contributed by atoms with E-state index in [-0.39, 0.29) is 0 Å². The highest BCUT2D eigenvalue weighted by atomic mass is 16.5. The molecule has 0 aromatic rings. The smallest absolute Gasteiger partial charge is 0.191 e. The molecule has 0 aromatic heterocycles. The van der Waals surface area contributed by atoms with Crippen molar-refractivity contribution in [1.82, 2.24) is 10.6 Å². The number of guanidine groups is 1. The first-order valence-electron chi connectivity index (χ1n) is 7.90. The van der Waals surface area contributed by atoms with Gasteiger partial charge in [-0.15, -0.1) is 0 Å². The van der Waals surface area contributed by atoms with E-state index in [0.717, 1.165) is 44.7 Å². The summed E-state index contributed by atoms with van der Waals surface area (Å²) >= 11 is 0. The van der Waals surface area contributed by atoms with Crippen LogP contribution in [0.1, 0.15) is 46.5 Å². The van der Waals surface area contributed by atoms with E-state index in [2.05, 4.69) is 36.4 Å². The van der Waals surface area contributed by atoms with E-state index in [0.29, 0.717) is 5.92 Å². The summed E-state index contributed by atoms with van der Waals surface area (Å²) < 4.78 is 5.61. The van der Waals surface area contributed by atoms with E-state index in [1.54, 1.807) is 0 Å². The van der Waals surface area contributed by atoms with E-state index >= 15 is 0 Å². The van der Waals surface area contributed by atoms with Gasteiger partial charge in [0.05, 0.1) is 6.61 Å². The van der Waals surface area contributed by atoms with Gasteiger partial charge < -0.3 is 15.4 Å². The van der Waals surface area contributed by atoms with Crippen molar-refractivity contribution in [3.63, 3.8) is 0 Å². The zero-order chi connectivity index (χ0) is 13.9. The first-order chi connectivity index (χ1) is 9.30. The predicted molar refractivity (Wildman–Crippen MR) is 81.6 cm³/mol. The molecule has 0 radical (unpaired) electrons. The Labute approximate surface area is 118 Å². The Morgan fingerprint density at radius 1 is 1.21 bits per heavy atom. The Balaban J connectivity index is 2.15. The molecule has 0 aliphatic heterocycles. The van der Waals surface area contributed by atoms with Crippen molar-refractivity contribution in [3.8, 4) is 0 Å². The minimum Gasteiger partial charge on any atom is -0.379 e. The average Bonchev–Trinajstić information content (AvgIpc) is 3.23. The van der Waals surface area contributed by atoms with E-state index in [1.165, 1.54) is 25.7 Å². The third-order valence-corrected chi connectivity index (χ3v) is 3.60. The quantitative estimate of drug-likeness (QED) is 0.364. The normalized spacial score (nSPS) is 15.9. The van der Waals surface area contributed by atoms with Crippen molar-refractivity contribution < 1.29 is 4.74 Å². The molecule has 0 aromatic carbocycles. The fraction of sp³-hybridized carbons (Fsp3) is 0.933. The average molecular weight is 269 g/mol. The lowest BCUT2D eigenvalue weighted by Gasteiger charge is -2.14. The number of ether oxygens (including phenoxy) is 1. The van der Waals surface area contributed by atoms with Gasteiger partial charge >= 0.3 is 0 Å². The monoisotopic (exact) mass is 269 g/mol. The van der Waals surface area contributed by atoms with Crippen molar-refractivity contribution in [2.24, 2.45) is 16.8 Å². The van der Waals surface area contributed by atoms with Crippen molar-refractivity contribution in [3.05, 3.63) is 0 Å². The van der Waals surface area contributed by atoms with Crippen molar-refractivity contribution in [2.75, 3.05) is 32.8 Å². The number of nitrogens with one attached hydrogen (secondary N) is 2. The molecule has 1 aliphatic carbocycles. The summed E-state index contributed by atoms with van der Waals surface area (Å²) in [6.45, 7) is 10.9. The van der Waals surface area contributed by atoms with E-state index in [4.69, 9.17) is 4.74 Å². The minimum absolute atomic E-state index is 0.696. The molecule has 4 heteroatoms. The molecule has 0 bridgehead atoms. The van der Waals surface area contributed by atoms with Crippen LogP contribution in [0, 0.1) is 11.8 Å². The Hall–Kier alpha value is -0.770. The lowest BCUT2D eigenvalue weighted by Crippen LogP contribution is -2.39. The van der Waals surface area contributed by atoms with Gasteiger partial charge in [0.1, 0.15) is 0 Å². The van der Waals surface area contributed by atoms with Gasteiger partial charge in [-0.25, -0.2) is 0 Å². The zero-order valence-electron chi connectivity index (χ0n) is 12.9. The van der Waals surface area contributed by atoms with Gasteiger partial charge in [-0.2, -0.15) is 0 Å². The van der Waals surface area contributed by atoms with Crippen LogP contribution in [0.25, 0.3) is 0 Å². The van der Waals surface area contributed by atoms with Crippen LogP contribution in [0.3, 0.4) is 0 Å². The molecule has 1 rings (SSSR count). The molecule has 1 fully saturated rings. The standard InChI is InChI=1S/C15H31N3O/c1-4-13(5-2)11-18-15(16-6-3)17-9-10-19-12-14-7-8-14/h13-14H,4-12H2,1-3H3,(H2,16,17,18). The molecule has 0 unspecified atom stereocenters. The largest absolute Gasteiger partial charge is 0.379 e. The van der Waals surface area contributed by atoms with Crippen LogP contribution in [0.4, 0.5) is 0 Å². The van der Waals surface area contributed by atoms with Gasteiger partial charge in [-0.05, 0) is 31.6 Å². The van der Waals surface area contributed by atoms with Gasteiger partial charge in [0, 0.05) is 26.2 Å². The summed E-state index contributed by atoms with van der Waals surface area (Å²) in [5.74, 6) is 2.46. The molecular formula is C15H31N3O. The fourth-order valence-electron chi connectivity index (χ4n) is 1.89. The molecule has 0 heterocycles. The molecule has 112 valence electrons. The molecule has 0 atom stereocenters. The third-order valence-electron chi connectivity index (χ3n) is 3.60. The SMILES string of the molecule is CCNC(=NCC(CC)CC)NCCOCC1CC1. The van der Waals surface area contributed by atoms with Gasteiger partial charge in [0.15, 0.2) is 5.96 Å². The van der Waals surface area contributed by atoms with Crippen molar-refractivity contribution >= 4 is 5.96 Å². The summed E-state index contributed by atoms with van der Waals surface area (Å²) in [5, 5.41) is 6.61. The van der Waals surface area contributed by atoms with E-state index < -0.39 is 0 Å². The van der Waals surface area contributed by atoms with Gasteiger partial charge in [-0.1, -0.05) is 26.7 Å². The lowest BCUT2D eigenvalue weighted by atomic mass is 10.0. The fourth-order valence-corrected chi connectivity index (χ4v) is 1.89. The van der Waals surface area contributed by atoms with Crippen molar-refractivity contribution in [1.29, 1.82) is 0 Å². The lowest BCUT2D eigenvalue weighted by molar-refractivity contribution is 0.129. The highest BCUT2D eigenvalue weighted by Gasteiger charge is 2.20. The molecule has 4 nitrogen and oxygen atoms in total. The summed E-state index contributed by atoms with van der Waals surface area (Å²) in [4.78, 5) is 4.64. The molecule has 2 N–H and O–H groups in total. The highest BCUT2D eigenvalue weighted by Crippen LogP contribution is 2.28. The van der Waals surface area contributed by atoms with Crippen LogP contribution in [-0.4, -0.2) is 38.8 Å². The Kier molecular flexibility index (Phi) is 8.63. The molecule has 0 amide bonds. The highest BCUT2D eigenvalue weighted by molar-refractivity contribution is 5.79. The maximum atomic E-state index is 5.61. The zero-order valence-corrected chi connectivity index (χ0v) is 12.9. The second kappa shape index (κ2) is 10.1. The summed E-state index contributed by atoms with van der Waals surface area (Å²) in [5.41, 5.74) is 0. The molecule has 1 aliphatic rings. The van der Waals surface area contributed by atoms with E-state index in [9.17, 15) is 0 Å². The number of nitrogens with zero attached hydrogens (tertiary/aromatic N) is 1. The number of hydrogen-bond donors (Lipinski definition) is 2. The van der Waals surface area contributed by atoms with Gasteiger partial charge in [-0.3, -0.25) is 4.99 Å². The van der Waals surface area contributed by atoms with Crippen LogP contribution < -0.4 is 10.6 Å². The molecule has 1 saturated carbocycles. The van der Waals surface area contributed by atoms with Crippen LogP contribution in [0.15, 0.2) is 4.99 Å². The summed E-state index contributed by atoms with van der Waals surface area (Å²) in [7, 11) is 0. The predicted octanol–water partition coefficient (Wildman–Crippen LogP) is 2.40. The van der Waals surface area contributed by atoms with Crippen LogP contribution in [0.2, 0.25) is 0 Å². The van der Waals surface area contributed by atoms with Gasteiger partial charge in [0.2, 0.25) is 0 Å². The maximum absolute atomic E-state index is 5.61. The summed E-state index contributed by atoms with van der Waals surface area (Å²) in [6.07, 6.45) is 5.10. The molecule has 19 heavy (non-hydrogen) atoms. The Bertz CT molecular complexity index is 248. The van der Waals surface area contributed by atoms with Gasteiger partial charge in [0.25, 0.3) is 0 Å². The van der Waals surface area contributed by atoms with Crippen molar-refractivity contribution in [2.45, 2.75) is 46.5 Å². The van der Waals surface area contributed by atoms with Crippen LogP contribution >= 0.6 is 0 Å². The van der Waals surface area contributed by atoms with Crippen LogP contribution in [0.5, 0.6) is 0 Å². The molecule has 0 saturated heterocycles. The first-order valence-corrected chi connectivity index (χ1v) is 7.90. The number of hydrogen-bond acceptors (Lipinski definition) is 2. The maximum Gasteiger partial charge on any atom is 0.191 e. The molecule has 0 spiro atoms. The number of aliphatic imine (C=N–C) groups is 1. The Morgan fingerprint density at radius 2 is 1.95 bits per heavy atom. The Morgan fingerprint density at radius 3 is 2.53 bits per heavy atom. The van der Waals surface area contributed by atoms with E-state index in [1.807, 2.05) is 0 Å². The minimum atomic E-state index is 0.696. The first kappa shape index (κ1) is 16.3. The van der Waals surface area contributed by atoms with Crippen LogP contribution in [-0.2, 0) is 4.74 Å². The number of rotatable bonds is 10. The topological polar surface area (TPSA) is 45.7 Å². The second-order valence-corrected chi connectivity index (χ2v) is 5.35. The summed E-state index contributed by atoms with van der Waals surface area (Å²) in [6, 6.07) is 0. The molecular weight excluding hydrogens is 238 g/mol. The second-order valence-electron chi connectivity index (χ2n) is 5.35. The third kappa shape index (κ3) is 8.09.